The van der Waals surface area contributed by atoms with Crippen molar-refractivity contribution < 1.29 is 27.1 Å². The number of benzene rings is 3. The number of amides is 1. The molecule has 0 heterocycles. The fourth-order valence-electron chi connectivity index (χ4n) is 2.77. The molecule has 7 nitrogen and oxygen atoms in total. The van der Waals surface area contributed by atoms with E-state index in [1.165, 1.54) is 43.5 Å². The van der Waals surface area contributed by atoms with Crippen LogP contribution in [-0.4, -0.2) is 28.0 Å². The molecule has 0 spiro atoms. The van der Waals surface area contributed by atoms with Gasteiger partial charge in [0.25, 0.3) is 15.9 Å². The Balaban J connectivity index is 1.73. The lowest BCUT2D eigenvalue weighted by atomic mass is 10.2. The summed E-state index contributed by atoms with van der Waals surface area (Å²) in [6, 6.07) is 16.1. The van der Waals surface area contributed by atoms with Gasteiger partial charge in [0, 0.05) is 17.3 Å². The summed E-state index contributed by atoms with van der Waals surface area (Å²) in [5.41, 5.74) is 0.760. The summed E-state index contributed by atoms with van der Waals surface area (Å²) in [7, 11) is -2.45. The minimum atomic E-state index is -3.89. The maximum Gasteiger partial charge on any atom is 0.262 e. The van der Waals surface area contributed by atoms with Crippen LogP contribution in [0.3, 0.4) is 0 Å². The topological polar surface area (TPSA) is 93.7 Å². The average molecular weight is 444 g/mol. The molecule has 9 heteroatoms. The third-order valence-corrected chi connectivity index (χ3v) is 5.65. The summed E-state index contributed by atoms with van der Waals surface area (Å²) in [5, 5.41) is 2.57. The summed E-state index contributed by atoms with van der Waals surface area (Å²) in [6.07, 6.45) is 0. The summed E-state index contributed by atoms with van der Waals surface area (Å²) >= 11 is 0. The Morgan fingerprint density at radius 2 is 1.71 bits per heavy atom. The molecule has 3 aromatic carbocycles. The van der Waals surface area contributed by atoms with Crippen molar-refractivity contribution in [2.24, 2.45) is 0 Å². The lowest BCUT2D eigenvalue weighted by Crippen LogP contribution is -2.15. The normalized spacial score (nSPS) is 10.9. The zero-order valence-corrected chi connectivity index (χ0v) is 17.7. The Hall–Kier alpha value is -3.59. The smallest absolute Gasteiger partial charge is 0.262 e. The van der Waals surface area contributed by atoms with Crippen molar-refractivity contribution in [3.05, 3.63) is 78.1 Å². The van der Waals surface area contributed by atoms with E-state index in [9.17, 15) is 17.6 Å². The van der Waals surface area contributed by atoms with Gasteiger partial charge in [-0.05, 0) is 55.5 Å². The van der Waals surface area contributed by atoms with E-state index in [-0.39, 0.29) is 21.9 Å². The maximum atomic E-state index is 13.9. The minimum absolute atomic E-state index is 0.0259. The third-order valence-electron chi connectivity index (χ3n) is 4.27. The average Bonchev–Trinajstić information content (AvgIpc) is 2.76. The van der Waals surface area contributed by atoms with Crippen molar-refractivity contribution >= 4 is 27.3 Å². The van der Waals surface area contributed by atoms with Crippen LogP contribution in [0.4, 0.5) is 15.8 Å². The predicted molar refractivity (Wildman–Crippen MR) is 116 cm³/mol. The van der Waals surface area contributed by atoms with Crippen molar-refractivity contribution in [3.63, 3.8) is 0 Å². The zero-order valence-electron chi connectivity index (χ0n) is 16.9. The number of rotatable bonds is 8. The molecule has 3 rings (SSSR count). The molecule has 0 radical (unpaired) electrons. The fourth-order valence-corrected chi connectivity index (χ4v) is 3.84. The Kier molecular flexibility index (Phi) is 6.76. The SMILES string of the molecule is CCOc1ccc(NC(=O)c2ccc(S(=O)(=O)Nc3ccccc3OC)cc2)cc1F. The largest absolute Gasteiger partial charge is 0.495 e. The van der Waals surface area contributed by atoms with Crippen molar-refractivity contribution in [2.75, 3.05) is 23.8 Å². The van der Waals surface area contributed by atoms with E-state index in [2.05, 4.69) is 10.0 Å². The number of ether oxygens (including phenoxy) is 2. The monoisotopic (exact) mass is 444 g/mol. The fraction of sp³-hybridized carbons (Fsp3) is 0.136. The Morgan fingerprint density at radius 3 is 2.35 bits per heavy atom. The maximum absolute atomic E-state index is 13.9. The molecule has 0 unspecified atom stereocenters. The second kappa shape index (κ2) is 9.48. The van der Waals surface area contributed by atoms with Crippen LogP contribution in [0.15, 0.2) is 71.6 Å². The molecular formula is C22H21FN2O5S. The molecule has 3 aromatic rings. The van der Waals surface area contributed by atoms with E-state index in [0.29, 0.717) is 18.0 Å². The van der Waals surface area contributed by atoms with Gasteiger partial charge in [-0.15, -0.1) is 0 Å². The van der Waals surface area contributed by atoms with Crippen molar-refractivity contribution in [3.8, 4) is 11.5 Å². The minimum Gasteiger partial charge on any atom is -0.495 e. The van der Waals surface area contributed by atoms with E-state index < -0.39 is 21.7 Å². The highest BCUT2D eigenvalue weighted by atomic mass is 32.2. The van der Waals surface area contributed by atoms with Crippen LogP contribution >= 0.6 is 0 Å². The van der Waals surface area contributed by atoms with Gasteiger partial charge in [0.05, 0.1) is 24.3 Å². The number of carbonyl (C=O) groups is 1. The highest BCUT2D eigenvalue weighted by Gasteiger charge is 2.17. The molecule has 2 N–H and O–H groups in total. The molecule has 1 amide bonds. The van der Waals surface area contributed by atoms with Gasteiger partial charge in [-0.25, -0.2) is 12.8 Å². The molecule has 0 saturated heterocycles. The zero-order chi connectivity index (χ0) is 22.4. The first-order valence-electron chi connectivity index (χ1n) is 9.33. The van der Waals surface area contributed by atoms with Gasteiger partial charge in [-0.1, -0.05) is 12.1 Å². The molecule has 0 fully saturated rings. The van der Waals surface area contributed by atoms with Crippen LogP contribution < -0.4 is 19.5 Å². The lowest BCUT2D eigenvalue weighted by molar-refractivity contribution is 0.102. The molecule has 0 atom stereocenters. The molecule has 31 heavy (non-hydrogen) atoms. The number of sulfonamides is 1. The van der Waals surface area contributed by atoms with E-state index in [4.69, 9.17) is 9.47 Å². The first-order valence-corrected chi connectivity index (χ1v) is 10.8. The summed E-state index contributed by atoms with van der Waals surface area (Å²) < 4.78 is 52.0. The van der Waals surface area contributed by atoms with Gasteiger partial charge in [-0.3, -0.25) is 9.52 Å². The van der Waals surface area contributed by atoms with E-state index in [1.54, 1.807) is 31.2 Å². The molecule has 162 valence electrons. The molecule has 0 aromatic heterocycles. The third kappa shape index (κ3) is 5.32. The highest BCUT2D eigenvalue weighted by Crippen LogP contribution is 2.26. The van der Waals surface area contributed by atoms with Gasteiger partial charge < -0.3 is 14.8 Å². The van der Waals surface area contributed by atoms with E-state index in [1.807, 2.05) is 0 Å². The lowest BCUT2D eigenvalue weighted by Gasteiger charge is -2.12. The van der Waals surface area contributed by atoms with Crippen molar-refractivity contribution in [1.82, 2.24) is 0 Å². The number of carbonyl (C=O) groups excluding carboxylic acids is 1. The molecular weight excluding hydrogens is 423 g/mol. The second-order valence-corrected chi connectivity index (χ2v) is 8.04. The van der Waals surface area contributed by atoms with Crippen LogP contribution in [-0.2, 0) is 10.0 Å². The Labute approximate surface area is 179 Å². The Morgan fingerprint density at radius 1 is 1.00 bits per heavy atom. The molecule has 0 aliphatic rings. The Bertz CT molecular complexity index is 1180. The molecule has 0 aliphatic heterocycles. The van der Waals surface area contributed by atoms with Crippen LogP contribution in [0.5, 0.6) is 11.5 Å². The predicted octanol–water partition coefficient (Wildman–Crippen LogP) is 4.29. The van der Waals surface area contributed by atoms with Crippen LogP contribution in [0, 0.1) is 5.82 Å². The van der Waals surface area contributed by atoms with Gasteiger partial charge in [0.2, 0.25) is 0 Å². The number of halogens is 1. The number of hydrogen-bond acceptors (Lipinski definition) is 5. The van der Waals surface area contributed by atoms with E-state index >= 15 is 0 Å². The van der Waals surface area contributed by atoms with Crippen molar-refractivity contribution in [2.45, 2.75) is 11.8 Å². The first-order chi connectivity index (χ1) is 14.8. The second-order valence-electron chi connectivity index (χ2n) is 6.36. The van der Waals surface area contributed by atoms with Gasteiger partial charge in [-0.2, -0.15) is 0 Å². The van der Waals surface area contributed by atoms with Crippen molar-refractivity contribution in [1.29, 1.82) is 0 Å². The quantitative estimate of drug-likeness (QED) is 0.541. The molecule has 0 aliphatic carbocycles. The first kappa shape index (κ1) is 22.1. The number of methoxy groups -OCH3 is 1. The van der Waals surface area contributed by atoms with E-state index in [0.717, 1.165) is 6.07 Å². The van der Waals surface area contributed by atoms with Gasteiger partial charge >= 0.3 is 0 Å². The number of nitrogens with one attached hydrogen (secondary N) is 2. The molecule has 0 bridgehead atoms. The summed E-state index contributed by atoms with van der Waals surface area (Å²) in [4.78, 5) is 12.4. The molecule has 0 saturated carbocycles. The standard InChI is InChI=1S/C22H21FN2O5S/c1-3-30-20-13-10-16(14-18(20)23)24-22(26)15-8-11-17(12-9-15)31(27,28)25-19-6-4-5-7-21(19)29-2/h4-14,25H,3H2,1-2H3,(H,24,26). The van der Waals surface area contributed by atoms with Crippen LogP contribution in [0.25, 0.3) is 0 Å². The van der Waals surface area contributed by atoms with Crippen LogP contribution in [0.2, 0.25) is 0 Å². The number of hydrogen-bond donors (Lipinski definition) is 2. The number of para-hydroxylation sites is 2. The summed E-state index contributed by atoms with van der Waals surface area (Å²) in [5.74, 6) is -0.629. The summed E-state index contributed by atoms with van der Waals surface area (Å²) in [6.45, 7) is 2.06. The number of anilines is 2. The van der Waals surface area contributed by atoms with Gasteiger partial charge in [0.1, 0.15) is 5.75 Å². The van der Waals surface area contributed by atoms with Gasteiger partial charge in [0.15, 0.2) is 11.6 Å². The highest BCUT2D eigenvalue weighted by molar-refractivity contribution is 7.92. The van der Waals surface area contributed by atoms with Crippen LogP contribution in [0.1, 0.15) is 17.3 Å².